The SMILES string of the molecule is COc1ccc2c(c1)c(C(=O)CN1CCN(C(=O)c3ccccc3)CC1)c(C)n2C. The van der Waals surface area contributed by atoms with Crippen molar-refractivity contribution in [2.24, 2.45) is 7.05 Å². The summed E-state index contributed by atoms with van der Waals surface area (Å²) in [5.74, 6) is 0.906. The van der Waals surface area contributed by atoms with Gasteiger partial charge in [-0.25, -0.2) is 0 Å². The molecule has 1 aromatic heterocycles. The number of amides is 1. The molecule has 2 heterocycles. The highest BCUT2D eigenvalue weighted by molar-refractivity contribution is 6.10. The van der Waals surface area contributed by atoms with Crippen LogP contribution < -0.4 is 4.74 Å². The molecule has 0 bridgehead atoms. The summed E-state index contributed by atoms with van der Waals surface area (Å²) in [5.41, 5.74) is 3.45. The van der Waals surface area contributed by atoms with Crippen molar-refractivity contribution in [2.75, 3.05) is 39.8 Å². The lowest BCUT2D eigenvalue weighted by Crippen LogP contribution is -2.49. The van der Waals surface area contributed by atoms with E-state index in [1.54, 1.807) is 7.11 Å². The fraction of sp³-hybridized carbons (Fsp3) is 0.333. The third kappa shape index (κ3) is 3.71. The number of carbonyl (C=O) groups is 2. The van der Waals surface area contributed by atoms with Crippen LogP contribution in [0.25, 0.3) is 10.9 Å². The van der Waals surface area contributed by atoms with Gasteiger partial charge in [0.25, 0.3) is 5.91 Å². The molecule has 0 saturated carbocycles. The summed E-state index contributed by atoms with van der Waals surface area (Å²) in [7, 11) is 3.61. The van der Waals surface area contributed by atoms with Crippen LogP contribution >= 0.6 is 0 Å². The van der Waals surface area contributed by atoms with Gasteiger partial charge >= 0.3 is 0 Å². The second kappa shape index (κ2) is 8.32. The van der Waals surface area contributed by atoms with E-state index in [9.17, 15) is 9.59 Å². The van der Waals surface area contributed by atoms with Gasteiger partial charge in [-0.15, -0.1) is 0 Å². The van der Waals surface area contributed by atoms with Crippen LogP contribution in [0.3, 0.4) is 0 Å². The summed E-state index contributed by atoms with van der Waals surface area (Å²) in [4.78, 5) is 29.9. The quantitative estimate of drug-likeness (QED) is 0.612. The number of hydrogen-bond acceptors (Lipinski definition) is 4. The van der Waals surface area contributed by atoms with Gasteiger partial charge in [0, 0.05) is 61.0 Å². The molecule has 1 amide bonds. The number of nitrogens with zero attached hydrogens (tertiary/aromatic N) is 3. The van der Waals surface area contributed by atoms with Crippen LogP contribution in [0.1, 0.15) is 26.4 Å². The summed E-state index contributed by atoms with van der Waals surface area (Å²) >= 11 is 0. The van der Waals surface area contributed by atoms with Crippen molar-refractivity contribution < 1.29 is 14.3 Å². The lowest BCUT2D eigenvalue weighted by Gasteiger charge is -2.34. The molecule has 1 aliphatic rings. The fourth-order valence-electron chi connectivity index (χ4n) is 4.18. The van der Waals surface area contributed by atoms with Gasteiger partial charge in [-0.05, 0) is 37.3 Å². The molecule has 0 spiro atoms. The minimum Gasteiger partial charge on any atom is -0.497 e. The Balaban J connectivity index is 1.46. The molecule has 6 nitrogen and oxygen atoms in total. The van der Waals surface area contributed by atoms with Crippen LogP contribution in [0.15, 0.2) is 48.5 Å². The number of methoxy groups -OCH3 is 1. The van der Waals surface area contributed by atoms with Crippen LogP contribution in [0, 0.1) is 6.92 Å². The van der Waals surface area contributed by atoms with Gasteiger partial charge in [-0.3, -0.25) is 14.5 Å². The van der Waals surface area contributed by atoms with Gasteiger partial charge in [0.2, 0.25) is 0 Å². The van der Waals surface area contributed by atoms with Crippen molar-refractivity contribution in [1.82, 2.24) is 14.4 Å². The molecule has 0 unspecified atom stereocenters. The maximum atomic E-state index is 13.2. The Bertz CT molecular complexity index is 1080. The normalized spacial score (nSPS) is 14.8. The number of fused-ring (bicyclic) bond motifs is 1. The largest absolute Gasteiger partial charge is 0.497 e. The minimum absolute atomic E-state index is 0.0542. The number of carbonyl (C=O) groups excluding carboxylic acids is 2. The summed E-state index contributed by atoms with van der Waals surface area (Å²) in [6.07, 6.45) is 0. The zero-order valence-electron chi connectivity index (χ0n) is 17.7. The topological polar surface area (TPSA) is 54.8 Å². The first kappa shape index (κ1) is 20.2. The van der Waals surface area contributed by atoms with E-state index in [0.717, 1.165) is 27.9 Å². The molecule has 0 N–H and O–H groups in total. The monoisotopic (exact) mass is 405 g/mol. The van der Waals surface area contributed by atoms with Crippen LogP contribution in [0.5, 0.6) is 5.75 Å². The Kier molecular flexibility index (Phi) is 5.59. The van der Waals surface area contributed by atoms with Gasteiger partial charge in [-0.1, -0.05) is 18.2 Å². The Morgan fingerprint density at radius 1 is 1.00 bits per heavy atom. The van der Waals surface area contributed by atoms with Crippen LogP contribution in [0.2, 0.25) is 0 Å². The number of piperazine rings is 1. The van der Waals surface area contributed by atoms with E-state index in [1.165, 1.54) is 0 Å². The molecule has 0 atom stereocenters. The first-order valence-electron chi connectivity index (χ1n) is 10.2. The number of rotatable bonds is 5. The predicted octanol–water partition coefficient (Wildman–Crippen LogP) is 3.14. The molecule has 1 saturated heterocycles. The summed E-state index contributed by atoms with van der Waals surface area (Å²) in [5, 5.41) is 0.928. The molecular weight excluding hydrogens is 378 g/mol. The van der Waals surface area contributed by atoms with Crippen molar-refractivity contribution in [1.29, 1.82) is 0 Å². The van der Waals surface area contributed by atoms with E-state index in [4.69, 9.17) is 4.74 Å². The molecule has 1 aliphatic heterocycles. The highest BCUT2D eigenvalue weighted by Gasteiger charge is 2.25. The molecule has 156 valence electrons. The molecule has 0 radical (unpaired) electrons. The van der Waals surface area contributed by atoms with E-state index in [0.29, 0.717) is 38.3 Å². The number of ether oxygens (including phenoxy) is 1. The number of ketones is 1. The highest BCUT2D eigenvalue weighted by Crippen LogP contribution is 2.29. The van der Waals surface area contributed by atoms with Crippen molar-refractivity contribution in [2.45, 2.75) is 6.92 Å². The number of aromatic nitrogens is 1. The van der Waals surface area contributed by atoms with Gasteiger partial charge in [0.1, 0.15) is 5.75 Å². The smallest absolute Gasteiger partial charge is 0.253 e. The molecule has 4 rings (SSSR count). The standard InChI is InChI=1S/C24H27N3O3/c1-17-23(20-15-19(30-3)9-10-21(20)25(17)2)22(28)16-26-11-13-27(14-12-26)24(29)18-7-5-4-6-8-18/h4-10,15H,11-14,16H2,1-3H3. The number of benzene rings is 2. The lowest BCUT2D eigenvalue weighted by molar-refractivity contribution is 0.0624. The third-order valence-electron chi connectivity index (χ3n) is 6.03. The van der Waals surface area contributed by atoms with Gasteiger partial charge in [0.05, 0.1) is 13.7 Å². The average Bonchev–Trinajstić information content (AvgIpc) is 3.03. The fourth-order valence-corrected chi connectivity index (χ4v) is 4.18. The summed E-state index contributed by atoms with van der Waals surface area (Å²) in [6, 6.07) is 15.2. The van der Waals surface area contributed by atoms with Crippen LogP contribution in [-0.2, 0) is 7.05 Å². The first-order chi connectivity index (χ1) is 14.5. The van der Waals surface area contributed by atoms with E-state index >= 15 is 0 Å². The number of hydrogen-bond donors (Lipinski definition) is 0. The Morgan fingerprint density at radius 2 is 1.70 bits per heavy atom. The van der Waals surface area contributed by atoms with E-state index < -0.39 is 0 Å². The summed E-state index contributed by atoms with van der Waals surface area (Å²) < 4.78 is 7.41. The average molecular weight is 405 g/mol. The molecule has 30 heavy (non-hydrogen) atoms. The maximum absolute atomic E-state index is 13.2. The van der Waals surface area contributed by atoms with E-state index in [-0.39, 0.29) is 11.7 Å². The molecule has 0 aliphatic carbocycles. The van der Waals surface area contributed by atoms with Gasteiger partial charge in [-0.2, -0.15) is 0 Å². The predicted molar refractivity (Wildman–Crippen MR) is 117 cm³/mol. The zero-order chi connectivity index (χ0) is 21.3. The zero-order valence-corrected chi connectivity index (χ0v) is 17.7. The maximum Gasteiger partial charge on any atom is 0.253 e. The minimum atomic E-state index is 0.0542. The van der Waals surface area contributed by atoms with Crippen LogP contribution in [0.4, 0.5) is 0 Å². The van der Waals surface area contributed by atoms with E-state index in [1.807, 2.05) is 67.4 Å². The van der Waals surface area contributed by atoms with Crippen molar-refractivity contribution >= 4 is 22.6 Å². The number of Topliss-reactive ketones (excluding diaryl/α,β-unsaturated/α-hetero) is 1. The van der Waals surface area contributed by atoms with Gasteiger partial charge < -0.3 is 14.2 Å². The molecule has 6 heteroatoms. The van der Waals surface area contributed by atoms with Gasteiger partial charge in [0.15, 0.2) is 5.78 Å². The molecule has 3 aromatic rings. The molecule has 2 aromatic carbocycles. The lowest BCUT2D eigenvalue weighted by atomic mass is 10.1. The van der Waals surface area contributed by atoms with Crippen LogP contribution in [-0.4, -0.2) is 65.9 Å². The first-order valence-corrected chi connectivity index (χ1v) is 10.2. The molecular formula is C24H27N3O3. The summed E-state index contributed by atoms with van der Waals surface area (Å²) in [6.45, 7) is 4.97. The van der Waals surface area contributed by atoms with E-state index in [2.05, 4.69) is 9.47 Å². The van der Waals surface area contributed by atoms with Crippen molar-refractivity contribution in [3.05, 3.63) is 65.4 Å². The molecule has 1 fully saturated rings. The second-order valence-corrected chi connectivity index (χ2v) is 7.76. The highest BCUT2D eigenvalue weighted by atomic mass is 16.5. The van der Waals surface area contributed by atoms with Crippen molar-refractivity contribution in [3.63, 3.8) is 0 Å². The Labute approximate surface area is 176 Å². The second-order valence-electron chi connectivity index (χ2n) is 7.76. The van der Waals surface area contributed by atoms with Crippen molar-refractivity contribution in [3.8, 4) is 5.75 Å². The third-order valence-corrected chi connectivity index (χ3v) is 6.03. The Morgan fingerprint density at radius 3 is 2.37 bits per heavy atom. The Hall–Kier alpha value is -3.12. The number of aryl methyl sites for hydroxylation is 1.